The number of hydrogen-bond acceptors (Lipinski definition) is 1. The molecule has 4 aromatic rings. The standard InChI is InChI=1S/C27H21Br2N/c1-27(2)25-6-4-3-5-23(25)24-16-15-22(17-26(24)27)30(20-11-7-18(28)8-12-20)21-13-9-19(29)10-14-21/h3-17H,1-2H3. The topological polar surface area (TPSA) is 3.24 Å². The van der Waals surface area contributed by atoms with Crippen LogP contribution in [0.1, 0.15) is 25.0 Å². The summed E-state index contributed by atoms with van der Waals surface area (Å²) in [6, 6.07) is 32.6. The molecule has 0 spiro atoms. The smallest absolute Gasteiger partial charge is 0.0465 e. The molecule has 30 heavy (non-hydrogen) atoms. The Morgan fingerprint density at radius 2 is 1.07 bits per heavy atom. The molecule has 0 aromatic heterocycles. The highest BCUT2D eigenvalue weighted by Crippen LogP contribution is 2.50. The van der Waals surface area contributed by atoms with Crippen molar-refractivity contribution in [2.24, 2.45) is 0 Å². The van der Waals surface area contributed by atoms with Gasteiger partial charge in [-0.25, -0.2) is 0 Å². The van der Waals surface area contributed by atoms with Crippen molar-refractivity contribution in [3.05, 3.63) is 111 Å². The fourth-order valence-corrected chi connectivity index (χ4v) is 4.99. The van der Waals surface area contributed by atoms with Crippen molar-refractivity contribution < 1.29 is 0 Å². The molecule has 4 aromatic carbocycles. The third kappa shape index (κ3) is 3.21. The molecule has 1 nitrogen and oxygen atoms in total. The van der Waals surface area contributed by atoms with Crippen LogP contribution in [0.25, 0.3) is 11.1 Å². The highest BCUT2D eigenvalue weighted by molar-refractivity contribution is 9.10. The summed E-state index contributed by atoms with van der Waals surface area (Å²) in [5.74, 6) is 0. The second-order valence-electron chi connectivity index (χ2n) is 8.19. The van der Waals surface area contributed by atoms with E-state index in [1.807, 2.05) is 0 Å². The molecule has 0 heterocycles. The average molecular weight is 519 g/mol. The van der Waals surface area contributed by atoms with Gasteiger partial charge >= 0.3 is 0 Å². The van der Waals surface area contributed by atoms with Gasteiger partial charge in [-0.15, -0.1) is 0 Å². The second kappa shape index (κ2) is 7.40. The Balaban J connectivity index is 1.69. The Labute approximate surface area is 194 Å². The largest absolute Gasteiger partial charge is 0.310 e. The molecule has 0 radical (unpaired) electrons. The summed E-state index contributed by atoms with van der Waals surface area (Å²) >= 11 is 7.13. The van der Waals surface area contributed by atoms with E-state index in [-0.39, 0.29) is 5.41 Å². The molecule has 5 rings (SSSR count). The number of anilines is 3. The predicted octanol–water partition coefficient (Wildman–Crippen LogP) is 8.99. The summed E-state index contributed by atoms with van der Waals surface area (Å²) in [4.78, 5) is 2.32. The molecule has 1 aliphatic rings. The SMILES string of the molecule is CC1(C)c2ccccc2-c2ccc(N(c3ccc(Br)cc3)c3ccc(Br)cc3)cc21. The Morgan fingerprint density at radius 3 is 1.67 bits per heavy atom. The Hall–Kier alpha value is -2.36. The highest BCUT2D eigenvalue weighted by Gasteiger charge is 2.35. The van der Waals surface area contributed by atoms with E-state index in [4.69, 9.17) is 0 Å². The number of hydrogen-bond donors (Lipinski definition) is 0. The summed E-state index contributed by atoms with van der Waals surface area (Å²) in [6.45, 7) is 4.65. The maximum Gasteiger partial charge on any atom is 0.0465 e. The van der Waals surface area contributed by atoms with E-state index in [0.717, 1.165) is 20.3 Å². The summed E-state index contributed by atoms with van der Waals surface area (Å²) in [6.07, 6.45) is 0. The van der Waals surface area contributed by atoms with E-state index in [1.54, 1.807) is 0 Å². The van der Waals surface area contributed by atoms with E-state index >= 15 is 0 Å². The lowest BCUT2D eigenvalue weighted by molar-refractivity contribution is 0.660. The maximum absolute atomic E-state index is 3.56. The molecule has 0 aliphatic heterocycles. The van der Waals surface area contributed by atoms with Gasteiger partial charge in [0.1, 0.15) is 0 Å². The third-order valence-corrected chi connectivity index (χ3v) is 7.05. The fraction of sp³-hybridized carbons (Fsp3) is 0.111. The Morgan fingerprint density at radius 1 is 0.567 bits per heavy atom. The molecule has 3 heteroatoms. The van der Waals surface area contributed by atoms with Gasteiger partial charge < -0.3 is 4.90 Å². The van der Waals surface area contributed by atoms with Crippen molar-refractivity contribution in [1.29, 1.82) is 0 Å². The van der Waals surface area contributed by atoms with Gasteiger partial charge in [0.25, 0.3) is 0 Å². The molecule has 0 atom stereocenters. The van der Waals surface area contributed by atoms with Gasteiger partial charge in [-0.1, -0.05) is 76.0 Å². The molecular formula is C27H21Br2N. The van der Waals surface area contributed by atoms with Gasteiger partial charge in [0.2, 0.25) is 0 Å². The van der Waals surface area contributed by atoms with Crippen LogP contribution in [0.5, 0.6) is 0 Å². The minimum atomic E-state index is -0.0208. The molecule has 0 N–H and O–H groups in total. The number of nitrogens with zero attached hydrogens (tertiary/aromatic N) is 1. The van der Waals surface area contributed by atoms with Gasteiger partial charge in [-0.05, 0) is 82.9 Å². The Kier molecular flexibility index (Phi) is 4.83. The van der Waals surface area contributed by atoms with Crippen LogP contribution >= 0.6 is 31.9 Å². The molecule has 0 amide bonds. The van der Waals surface area contributed by atoms with Crippen LogP contribution in [-0.4, -0.2) is 0 Å². The zero-order chi connectivity index (χ0) is 20.9. The number of halogens is 2. The first kappa shape index (κ1) is 19.6. The van der Waals surface area contributed by atoms with Gasteiger partial charge in [-0.3, -0.25) is 0 Å². The quantitative estimate of drug-likeness (QED) is 0.261. The summed E-state index contributed by atoms with van der Waals surface area (Å²) < 4.78 is 2.15. The fourth-order valence-electron chi connectivity index (χ4n) is 4.46. The zero-order valence-corrected chi connectivity index (χ0v) is 20.0. The van der Waals surface area contributed by atoms with Crippen LogP contribution in [-0.2, 0) is 5.41 Å². The summed E-state index contributed by atoms with van der Waals surface area (Å²) in [5, 5.41) is 0. The van der Waals surface area contributed by atoms with Gasteiger partial charge in [0.05, 0.1) is 0 Å². The maximum atomic E-state index is 3.56. The molecule has 0 saturated carbocycles. The Bertz CT molecular complexity index is 1180. The van der Waals surface area contributed by atoms with E-state index in [1.165, 1.54) is 27.9 Å². The van der Waals surface area contributed by atoms with Crippen molar-refractivity contribution in [2.75, 3.05) is 4.90 Å². The van der Waals surface area contributed by atoms with Crippen LogP contribution in [0.4, 0.5) is 17.1 Å². The molecule has 0 unspecified atom stereocenters. The van der Waals surface area contributed by atoms with Gasteiger partial charge in [-0.2, -0.15) is 0 Å². The molecule has 0 bridgehead atoms. The first-order valence-electron chi connectivity index (χ1n) is 10.0. The molecule has 0 fully saturated rings. The van der Waals surface area contributed by atoms with E-state index < -0.39 is 0 Å². The molecule has 148 valence electrons. The molecular weight excluding hydrogens is 498 g/mol. The van der Waals surface area contributed by atoms with Crippen LogP contribution in [0, 0.1) is 0 Å². The third-order valence-electron chi connectivity index (χ3n) is 5.99. The number of rotatable bonds is 3. The van der Waals surface area contributed by atoms with Crippen molar-refractivity contribution >= 4 is 48.9 Å². The first-order valence-corrected chi connectivity index (χ1v) is 11.6. The first-order chi connectivity index (χ1) is 14.4. The lowest BCUT2D eigenvalue weighted by Gasteiger charge is -2.28. The average Bonchev–Trinajstić information content (AvgIpc) is 2.98. The summed E-state index contributed by atoms with van der Waals surface area (Å²) in [7, 11) is 0. The molecule has 1 aliphatic carbocycles. The van der Waals surface area contributed by atoms with Crippen LogP contribution < -0.4 is 4.90 Å². The normalized spacial score (nSPS) is 13.6. The molecule has 0 saturated heterocycles. The lowest BCUT2D eigenvalue weighted by Crippen LogP contribution is -2.16. The van der Waals surface area contributed by atoms with Crippen molar-refractivity contribution in [3.8, 4) is 11.1 Å². The minimum Gasteiger partial charge on any atom is -0.310 e. The highest BCUT2D eigenvalue weighted by atomic mass is 79.9. The van der Waals surface area contributed by atoms with Crippen molar-refractivity contribution in [2.45, 2.75) is 19.3 Å². The van der Waals surface area contributed by atoms with Gasteiger partial charge in [0, 0.05) is 31.4 Å². The zero-order valence-electron chi connectivity index (χ0n) is 16.9. The monoisotopic (exact) mass is 517 g/mol. The number of benzene rings is 4. The van der Waals surface area contributed by atoms with E-state index in [2.05, 4.69) is 142 Å². The lowest BCUT2D eigenvalue weighted by atomic mass is 9.82. The number of fused-ring (bicyclic) bond motifs is 3. The van der Waals surface area contributed by atoms with E-state index in [0.29, 0.717) is 0 Å². The predicted molar refractivity (Wildman–Crippen MR) is 134 cm³/mol. The second-order valence-corrected chi connectivity index (χ2v) is 10.0. The van der Waals surface area contributed by atoms with Crippen LogP contribution in [0.3, 0.4) is 0 Å². The van der Waals surface area contributed by atoms with E-state index in [9.17, 15) is 0 Å². The van der Waals surface area contributed by atoms with Crippen LogP contribution in [0.15, 0.2) is 99.9 Å². The summed E-state index contributed by atoms with van der Waals surface area (Å²) in [5.41, 5.74) is 8.87. The van der Waals surface area contributed by atoms with Gasteiger partial charge in [0.15, 0.2) is 0 Å². The van der Waals surface area contributed by atoms with Crippen LogP contribution in [0.2, 0.25) is 0 Å². The van der Waals surface area contributed by atoms with Crippen molar-refractivity contribution in [3.63, 3.8) is 0 Å². The van der Waals surface area contributed by atoms with Crippen molar-refractivity contribution in [1.82, 2.24) is 0 Å². The minimum absolute atomic E-state index is 0.0208.